The van der Waals surface area contributed by atoms with Gasteiger partial charge in [0.1, 0.15) is 18.1 Å². The number of nitrogens with zero attached hydrogens (tertiary/aromatic N) is 2. The Morgan fingerprint density at radius 3 is 2.67 bits per heavy atom. The molecule has 0 saturated carbocycles. The van der Waals surface area contributed by atoms with E-state index >= 15 is 0 Å². The average molecular weight is 243 g/mol. The van der Waals surface area contributed by atoms with Crippen molar-refractivity contribution < 1.29 is 9.52 Å². The summed E-state index contributed by atoms with van der Waals surface area (Å²) in [6, 6.07) is 12.7. The van der Waals surface area contributed by atoms with Gasteiger partial charge >= 0.3 is 0 Å². The molecule has 0 radical (unpaired) electrons. The van der Waals surface area contributed by atoms with Crippen molar-refractivity contribution in [1.82, 2.24) is 0 Å². The predicted molar refractivity (Wildman–Crippen MR) is 69.4 cm³/mol. The number of amidine groups is 1. The largest absolute Gasteiger partial charge is 0.458 e. The second-order valence-corrected chi connectivity index (χ2v) is 3.56. The molecule has 2 aromatic rings. The number of aliphatic hydroxyl groups is 1. The van der Waals surface area contributed by atoms with E-state index in [4.69, 9.17) is 15.3 Å². The van der Waals surface area contributed by atoms with Crippen molar-refractivity contribution in [3.63, 3.8) is 0 Å². The molecule has 1 aromatic carbocycles. The van der Waals surface area contributed by atoms with Gasteiger partial charge in [0.05, 0.1) is 6.21 Å². The number of furan rings is 1. The summed E-state index contributed by atoms with van der Waals surface area (Å²) in [5, 5.41) is 16.5. The van der Waals surface area contributed by atoms with Crippen LogP contribution < -0.4 is 5.73 Å². The molecule has 0 aliphatic carbocycles. The minimum atomic E-state index is -0.136. The Hall–Kier alpha value is -2.40. The van der Waals surface area contributed by atoms with Crippen LogP contribution in [0.15, 0.2) is 57.1 Å². The summed E-state index contributed by atoms with van der Waals surface area (Å²) in [6.45, 7) is -0.136. The normalized spacial score (nSPS) is 12.2. The molecular weight excluding hydrogens is 230 g/mol. The molecule has 0 aliphatic heterocycles. The van der Waals surface area contributed by atoms with Crippen LogP contribution in [-0.2, 0) is 6.61 Å². The molecule has 92 valence electrons. The summed E-state index contributed by atoms with van der Waals surface area (Å²) in [7, 11) is 0. The number of benzene rings is 1. The third-order valence-corrected chi connectivity index (χ3v) is 2.26. The van der Waals surface area contributed by atoms with Crippen molar-refractivity contribution in [3.8, 4) is 0 Å². The Morgan fingerprint density at radius 1 is 1.22 bits per heavy atom. The molecule has 0 saturated heterocycles. The fourth-order valence-electron chi connectivity index (χ4n) is 1.36. The highest BCUT2D eigenvalue weighted by Crippen LogP contribution is 2.05. The molecule has 1 aromatic heterocycles. The molecule has 1 heterocycles. The van der Waals surface area contributed by atoms with E-state index in [1.54, 1.807) is 12.1 Å². The maximum atomic E-state index is 8.83. The summed E-state index contributed by atoms with van der Waals surface area (Å²) in [6.07, 6.45) is 1.44. The Bertz CT molecular complexity index is 559. The lowest BCUT2D eigenvalue weighted by Crippen LogP contribution is -2.12. The van der Waals surface area contributed by atoms with Crippen LogP contribution in [-0.4, -0.2) is 17.2 Å². The van der Waals surface area contributed by atoms with Gasteiger partial charge in [0.15, 0.2) is 5.84 Å². The van der Waals surface area contributed by atoms with Gasteiger partial charge in [-0.3, -0.25) is 0 Å². The van der Waals surface area contributed by atoms with Gasteiger partial charge in [-0.2, -0.15) is 5.10 Å². The van der Waals surface area contributed by atoms with Crippen LogP contribution >= 0.6 is 0 Å². The van der Waals surface area contributed by atoms with Crippen LogP contribution in [0.25, 0.3) is 0 Å². The molecule has 0 atom stereocenters. The molecule has 0 bridgehead atoms. The Morgan fingerprint density at radius 2 is 2.00 bits per heavy atom. The van der Waals surface area contributed by atoms with E-state index < -0.39 is 0 Å². The Balaban J connectivity index is 2.06. The number of hydrogen-bond donors (Lipinski definition) is 2. The van der Waals surface area contributed by atoms with Crippen LogP contribution in [0.2, 0.25) is 0 Å². The molecule has 0 spiro atoms. The van der Waals surface area contributed by atoms with Crippen LogP contribution in [0, 0.1) is 0 Å². The summed E-state index contributed by atoms with van der Waals surface area (Å²) in [5.74, 6) is 1.33. The lowest BCUT2D eigenvalue weighted by atomic mass is 10.2. The van der Waals surface area contributed by atoms with Crippen LogP contribution in [0.1, 0.15) is 17.1 Å². The van der Waals surface area contributed by atoms with E-state index in [1.807, 2.05) is 30.3 Å². The summed E-state index contributed by atoms with van der Waals surface area (Å²) < 4.78 is 5.21. The quantitative estimate of drug-likeness (QED) is 0.485. The molecule has 5 nitrogen and oxygen atoms in total. The second-order valence-electron chi connectivity index (χ2n) is 3.56. The zero-order chi connectivity index (χ0) is 12.8. The lowest BCUT2D eigenvalue weighted by Gasteiger charge is -1.96. The van der Waals surface area contributed by atoms with Crippen LogP contribution in [0.4, 0.5) is 0 Å². The highest BCUT2D eigenvalue weighted by Gasteiger charge is 1.98. The standard InChI is InChI=1S/C13H13N3O2/c14-13(10-4-2-1-3-5-10)16-15-8-11-6-7-12(9-17)18-11/h1-8,17H,9H2,(H2,14,16). The topological polar surface area (TPSA) is 84.1 Å². The molecule has 18 heavy (non-hydrogen) atoms. The van der Waals surface area contributed by atoms with Crippen molar-refractivity contribution in [1.29, 1.82) is 0 Å². The smallest absolute Gasteiger partial charge is 0.153 e. The second kappa shape index (κ2) is 5.79. The molecule has 0 amide bonds. The van der Waals surface area contributed by atoms with Gasteiger partial charge in [0.25, 0.3) is 0 Å². The summed E-state index contributed by atoms with van der Waals surface area (Å²) in [4.78, 5) is 0. The van der Waals surface area contributed by atoms with Gasteiger partial charge in [0.2, 0.25) is 0 Å². The maximum Gasteiger partial charge on any atom is 0.153 e. The third kappa shape index (κ3) is 3.05. The summed E-state index contributed by atoms with van der Waals surface area (Å²) >= 11 is 0. The van der Waals surface area contributed by atoms with Gasteiger partial charge in [-0.05, 0) is 12.1 Å². The van der Waals surface area contributed by atoms with Gasteiger partial charge in [-0.15, -0.1) is 5.10 Å². The Kier molecular flexibility index (Phi) is 3.88. The number of aliphatic hydroxyl groups excluding tert-OH is 1. The van der Waals surface area contributed by atoms with Gasteiger partial charge in [-0.25, -0.2) is 0 Å². The van der Waals surface area contributed by atoms with E-state index in [1.165, 1.54) is 6.21 Å². The monoisotopic (exact) mass is 243 g/mol. The number of nitrogens with two attached hydrogens (primary N) is 1. The minimum Gasteiger partial charge on any atom is -0.458 e. The fourth-order valence-corrected chi connectivity index (χ4v) is 1.36. The van der Waals surface area contributed by atoms with E-state index in [-0.39, 0.29) is 6.61 Å². The molecule has 0 aliphatic rings. The van der Waals surface area contributed by atoms with E-state index in [2.05, 4.69) is 10.2 Å². The molecule has 5 heteroatoms. The highest BCUT2D eigenvalue weighted by molar-refractivity contribution is 5.97. The van der Waals surface area contributed by atoms with Gasteiger partial charge < -0.3 is 15.3 Å². The first-order chi connectivity index (χ1) is 8.79. The van der Waals surface area contributed by atoms with Gasteiger partial charge in [0, 0.05) is 5.56 Å². The average Bonchev–Trinajstić information content (AvgIpc) is 2.87. The SMILES string of the molecule is NC(=NN=Cc1ccc(CO)o1)c1ccccc1. The molecular formula is C13H13N3O2. The van der Waals surface area contributed by atoms with E-state index in [0.717, 1.165) is 5.56 Å². The Labute approximate surface area is 104 Å². The third-order valence-electron chi connectivity index (χ3n) is 2.26. The summed E-state index contributed by atoms with van der Waals surface area (Å²) in [5.41, 5.74) is 6.57. The molecule has 3 N–H and O–H groups in total. The first kappa shape index (κ1) is 12.1. The van der Waals surface area contributed by atoms with Crippen molar-refractivity contribution in [2.75, 3.05) is 0 Å². The van der Waals surface area contributed by atoms with Crippen molar-refractivity contribution in [2.24, 2.45) is 15.9 Å². The first-order valence-electron chi connectivity index (χ1n) is 5.41. The fraction of sp³-hybridized carbons (Fsp3) is 0.0769. The van der Waals surface area contributed by atoms with Crippen molar-refractivity contribution >= 4 is 12.1 Å². The van der Waals surface area contributed by atoms with Gasteiger partial charge in [-0.1, -0.05) is 30.3 Å². The van der Waals surface area contributed by atoms with Crippen molar-refractivity contribution in [2.45, 2.75) is 6.61 Å². The number of hydrogen-bond acceptors (Lipinski definition) is 4. The highest BCUT2D eigenvalue weighted by atomic mass is 16.4. The maximum absolute atomic E-state index is 8.83. The predicted octanol–water partition coefficient (Wildman–Crippen LogP) is 1.51. The van der Waals surface area contributed by atoms with E-state index in [9.17, 15) is 0 Å². The molecule has 0 unspecified atom stereocenters. The zero-order valence-electron chi connectivity index (χ0n) is 9.65. The van der Waals surface area contributed by atoms with E-state index in [0.29, 0.717) is 17.4 Å². The molecule has 0 fully saturated rings. The van der Waals surface area contributed by atoms with Crippen LogP contribution in [0.5, 0.6) is 0 Å². The minimum absolute atomic E-state index is 0.136. The first-order valence-corrected chi connectivity index (χ1v) is 5.41. The van der Waals surface area contributed by atoms with Crippen LogP contribution in [0.3, 0.4) is 0 Å². The van der Waals surface area contributed by atoms with Crippen molar-refractivity contribution in [3.05, 3.63) is 59.5 Å². The number of rotatable bonds is 4. The molecule has 2 rings (SSSR count). The lowest BCUT2D eigenvalue weighted by molar-refractivity contribution is 0.247. The zero-order valence-corrected chi connectivity index (χ0v) is 9.65.